The van der Waals surface area contributed by atoms with E-state index in [9.17, 15) is 4.39 Å². The van der Waals surface area contributed by atoms with Gasteiger partial charge in [-0.2, -0.15) is 5.26 Å². The second-order valence-electron chi connectivity index (χ2n) is 2.93. The van der Waals surface area contributed by atoms with Gasteiger partial charge in [0, 0.05) is 0 Å². The fraction of sp³-hybridized carbons (Fsp3) is 0.300. The van der Waals surface area contributed by atoms with Gasteiger partial charge in [0.05, 0.1) is 23.1 Å². The molecule has 0 aliphatic carbocycles. The normalized spacial score (nSPS) is 12.1. The Kier molecular flexibility index (Phi) is 4.05. The highest BCUT2D eigenvalue weighted by molar-refractivity contribution is 9.10. The van der Waals surface area contributed by atoms with Crippen molar-refractivity contribution in [2.75, 3.05) is 6.61 Å². The lowest BCUT2D eigenvalue weighted by Crippen LogP contribution is -2.07. The third-order valence-electron chi connectivity index (χ3n) is 1.90. The first kappa shape index (κ1) is 11.2. The van der Waals surface area contributed by atoms with Crippen LogP contribution in [0.15, 0.2) is 22.7 Å². The third kappa shape index (κ3) is 2.53. The Morgan fingerprint density at radius 2 is 2.29 bits per heavy atom. The van der Waals surface area contributed by atoms with Gasteiger partial charge < -0.3 is 5.11 Å². The van der Waals surface area contributed by atoms with Crippen LogP contribution >= 0.6 is 15.9 Å². The number of aliphatic hydroxyl groups is 1. The van der Waals surface area contributed by atoms with Gasteiger partial charge in [0.2, 0.25) is 0 Å². The number of hydrogen-bond donors (Lipinski definition) is 1. The van der Waals surface area contributed by atoms with Gasteiger partial charge in [-0.25, -0.2) is 4.39 Å². The van der Waals surface area contributed by atoms with Gasteiger partial charge in [-0.3, -0.25) is 0 Å². The van der Waals surface area contributed by atoms with E-state index in [2.05, 4.69) is 15.9 Å². The topological polar surface area (TPSA) is 44.0 Å². The van der Waals surface area contributed by atoms with Crippen LogP contribution in [0.25, 0.3) is 0 Å². The quantitative estimate of drug-likeness (QED) is 0.903. The molecule has 0 saturated heterocycles. The molecule has 0 bridgehead atoms. The van der Waals surface area contributed by atoms with E-state index in [4.69, 9.17) is 10.4 Å². The van der Waals surface area contributed by atoms with Gasteiger partial charge >= 0.3 is 0 Å². The van der Waals surface area contributed by atoms with E-state index < -0.39 is 5.92 Å². The predicted molar refractivity (Wildman–Crippen MR) is 54.0 cm³/mol. The third-order valence-corrected chi connectivity index (χ3v) is 2.79. The molecule has 1 atom stereocenters. The molecule has 0 radical (unpaired) electrons. The van der Waals surface area contributed by atoms with Crippen molar-refractivity contribution in [2.24, 2.45) is 5.92 Å². The van der Waals surface area contributed by atoms with Crippen molar-refractivity contribution < 1.29 is 9.50 Å². The maximum Gasteiger partial charge on any atom is 0.137 e. The molecule has 0 aromatic heterocycles. The zero-order valence-corrected chi connectivity index (χ0v) is 8.96. The fourth-order valence-corrected chi connectivity index (χ4v) is 1.55. The van der Waals surface area contributed by atoms with Crippen LogP contribution in [0.2, 0.25) is 0 Å². The lowest BCUT2D eigenvalue weighted by molar-refractivity contribution is 0.255. The van der Waals surface area contributed by atoms with E-state index >= 15 is 0 Å². The summed E-state index contributed by atoms with van der Waals surface area (Å²) >= 11 is 3.10. The lowest BCUT2D eigenvalue weighted by atomic mass is 10.0. The first-order valence-electron chi connectivity index (χ1n) is 4.12. The summed E-state index contributed by atoms with van der Waals surface area (Å²) in [5.41, 5.74) is 0.700. The summed E-state index contributed by atoms with van der Waals surface area (Å²) < 4.78 is 13.4. The zero-order valence-electron chi connectivity index (χ0n) is 7.37. The van der Waals surface area contributed by atoms with Gasteiger partial charge in [-0.15, -0.1) is 0 Å². The molecule has 1 rings (SSSR count). The molecule has 1 N–H and O–H groups in total. The Morgan fingerprint density at radius 1 is 1.57 bits per heavy atom. The maximum atomic E-state index is 13.0. The summed E-state index contributed by atoms with van der Waals surface area (Å²) in [6, 6.07) is 6.61. The molecule has 74 valence electrons. The van der Waals surface area contributed by atoms with Gasteiger partial charge in [0.25, 0.3) is 0 Å². The highest BCUT2D eigenvalue weighted by atomic mass is 79.9. The van der Waals surface area contributed by atoms with Gasteiger partial charge in [0.15, 0.2) is 0 Å². The minimum atomic E-state index is -0.479. The van der Waals surface area contributed by atoms with E-state index in [0.29, 0.717) is 16.5 Å². The van der Waals surface area contributed by atoms with Crippen LogP contribution in [0, 0.1) is 23.1 Å². The molecule has 0 aliphatic rings. The fourth-order valence-electron chi connectivity index (χ4n) is 1.12. The average Bonchev–Trinajstić information content (AvgIpc) is 2.20. The molecule has 0 spiro atoms. The van der Waals surface area contributed by atoms with Crippen molar-refractivity contribution in [1.82, 2.24) is 0 Å². The number of nitrogens with zero attached hydrogens (tertiary/aromatic N) is 1. The summed E-state index contributed by atoms with van der Waals surface area (Å²) in [7, 11) is 0. The molecule has 14 heavy (non-hydrogen) atoms. The smallest absolute Gasteiger partial charge is 0.137 e. The lowest BCUT2D eigenvalue weighted by Gasteiger charge is -2.07. The summed E-state index contributed by atoms with van der Waals surface area (Å²) in [4.78, 5) is 0. The van der Waals surface area contributed by atoms with E-state index in [-0.39, 0.29) is 12.4 Å². The number of hydrogen-bond acceptors (Lipinski definition) is 2. The Hall–Kier alpha value is -0.920. The molecular formula is C10H9BrFNO. The zero-order chi connectivity index (χ0) is 10.6. The Bertz CT molecular complexity index is 362. The van der Waals surface area contributed by atoms with Crippen LogP contribution < -0.4 is 0 Å². The number of benzene rings is 1. The van der Waals surface area contributed by atoms with Crippen molar-refractivity contribution in [3.8, 4) is 6.07 Å². The molecule has 0 heterocycles. The van der Waals surface area contributed by atoms with Gasteiger partial charge in [0.1, 0.15) is 5.82 Å². The molecule has 1 aromatic rings. The number of halogens is 2. The van der Waals surface area contributed by atoms with Crippen molar-refractivity contribution in [3.05, 3.63) is 34.1 Å². The van der Waals surface area contributed by atoms with Crippen LogP contribution in [0.1, 0.15) is 5.56 Å². The van der Waals surface area contributed by atoms with Crippen LogP contribution in [-0.4, -0.2) is 11.7 Å². The molecule has 2 nitrogen and oxygen atoms in total. The number of rotatable bonds is 3. The van der Waals surface area contributed by atoms with Crippen LogP contribution in [0.3, 0.4) is 0 Å². The summed E-state index contributed by atoms with van der Waals surface area (Å²) in [6.07, 6.45) is 0.353. The van der Waals surface area contributed by atoms with E-state index in [1.54, 1.807) is 12.1 Å². The Morgan fingerprint density at radius 3 is 2.86 bits per heavy atom. The summed E-state index contributed by atoms with van der Waals surface area (Å²) in [6.45, 7) is -0.209. The van der Waals surface area contributed by atoms with E-state index in [1.807, 2.05) is 6.07 Å². The highest BCUT2D eigenvalue weighted by Crippen LogP contribution is 2.22. The largest absolute Gasteiger partial charge is 0.395 e. The SMILES string of the molecule is N#CC(CO)Cc1cccc(F)c1Br. The maximum absolute atomic E-state index is 13.0. The van der Waals surface area contributed by atoms with Gasteiger partial charge in [-0.1, -0.05) is 12.1 Å². The van der Waals surface area contributed by atoms with E-state index in [0.717, 1.165) is 0 Å². The molecule has 1 aromatic carbocycles. The molecular weight excluding hydrogens is 249 g/mol. The minimum absolute atomic E-state index is 0.209. The van der Waals surface area contributed by atoms with Crippen molar-refractivity contribution in [2.45, 2.75) is 6.42 Å². The van der Waals surface area contributed by atoms with Crippen molar-refractivity contribution in [3.63, 3.8) is 0 Å². The molecule has 0 aliphatic heterocycles. The van der Waals surface area contributed by atoms with Crippen LogP contribution in [0.4, 0.5) is 4.39 Å². The number of aliphatic hydroxyl groups excluding tert-OH is 1. The molecule has 0 fully saturated rings. The molecule has 4 heteroatoms. The van der Waals surface area contributed by atoms with Crippen molar-refractivity contribution in [1.29, 1.82) is 5.26 Å². The van der Waals surface area contributed by atoms with Crippen molar-refractivity contribution >= 4 is 15.9 Å². The van der Waals surface area contributed by atoms with Crippen LogP contribution in [-0.2, 0) is 6.42 Å². The second kappa shape index (κ2) is 5.08. The second-order valence-corrected chi connectivity index (χ2v) is 3.72. The molecule has 0 amide bonds. The number of nitriles is 1. The first-order valence-corrected chi connectivity index (χ1v) is 4.91. The Balaban J connectivity index is 2.87. The predicted octanol–water partition coefficient (Wildman–Crippen LogP) is 2.26. The van der Waals surface area contributed by atoms with E-state index in [1.165, 1.54) is 6.07 Å². The summed E-state index contributed by atoms with van der Waals surface area (Å²) in [5.74, 6) is -0.828. The van der Waals surface area contributed by atoms with Gasteiger partial charge in [-0.05, 0) is 34.0 Å². The highest BCUT2D eigenvalue weighted by Gasteiger charge is 2.11. The summed E-state index contributed by atoms with van der Waals surface area (Å²) in [5, 5.41) is 17.4. The minimum Gasteiger partial charge on any atom is -0.395 e. The molecule has 0 saturated carbocycles. The monoisotopic (exact) mass is 257 g/mol. The first-order chi connectivity index (χ1) is 6.69. The molecule has 1 unspecified atom stereocenters. The standard InChI is InChI=1S/C10H9BrFNO/c11-10-8(2-1-3-9(10)12)4-7(5-13)6-14/h1-3,7,14H,4,6H2. The average molecular weight is 258 g/mol. The van der Waals surface area contributed by atoms with Crippen LogP contribution in [0.5, 0.6) is 0 Å². The Labute approximate surface area is 90.1 Å².